The first-order chi connectivity index (χ1) is 17.2. The molecule has 5 saturated carbocycles. The van der Waals surface area contributed by atoms with Gasteiger partial charge in [-0.2, -0.15) is 0 Å². The van der Waals surface area contributed by atoms with Gasteiger partial charge in [-0.15, -0.1) is 0 Å². The molecule has 1 aromatic rings. The van der Waals surface area contributed by atoms with Crippen molar-refractivity contribution in [3.63, 3.8) is 0 Å². The van der Waals surface area contributed by atoms with Crippen molar-refractivity contribution in [1.29, 1.82) is 0 Å². The van der Waals surface area contributed by atoms with E-state index in [0.717, 1.165) is 17.6 Å². The average molecular weight is 501 g/mol. The van der Waals surface area contributed by atoms with Gasteiger partial charge in [0.25, 0.3) is 0 Å². The van der Waals surface area contributed by atoms with Crippen molar-refractivity contribution in [2.45, 2.75) is 91.6 Å². The lowest BCUT2D eigenvalue weighted by atomic mass is 9.33. The Morgan fingerprint density at radius 2 is 1.59 bits per heavy atom. The zero-order valence-electron chi connectivity index (χ0n) is 23.3. The Morgan fingerprint density at radius 3 is 2.24 bits per heavy atom. The number of hydrogen-bond donors (Lipinski definition) is 1. The zero-order chi connectivity index (χ0) is 27.0. The van der Waals surface area contributed by atoms with Crippen LogP contribution >= 0.6 is 0 Å². The van der Waals surface area contributed by atoms with Gasteiger partial charge < -0.3 is 5.11 Å². The van der Waals surface area contributed by atoms with E-state index in [4.69, 9.17) is 0 Å². The van der Waals surface area contributed by atoms with E-state index in [1.807, 2.05) is 44.2 Å². The number of hydrogen-bond acceptors (Lipinski definition) is 4. The molecule has 4 nitrogen and oxygen atoms in total. The molecule has 37 heavy (non-hydrogen) atoms. The lowest BCUT2D eigenvalue weighted by Gasteiger charge is -2.68. The Balaban J connectivity index is 1.71. The minimum atomic E-state index is -1.68. The van der Waals surface area contributed by atoms with E-state index >= 15 is 4.79 Å². The number of fused-ring (bicyclic) bond motifs is 1. The Labute approximate surface area is 220 Å². The van der Waals surface area contributed by atoms with Gasteiger partial charge in [0.1, 0.15) is 11.0 Å². The van der Waals surface area contributed by atoms with Crippen LogP contribution in [0.1, 0.15) is 96.5 Å². The second kappa shape index (κ2) is 7.00. The van der Waals surface area contributed by atoms with Crippen LogP contribution in [0.4, 0.5) is 0 Å². The third-order valence-corrected chi connectivity index (χ3v) is 11.8. The molecule has 1 spiro atoms. The topological polar surface area (TPSA) is 71.4 Å². The van der Waals surface area contributed by atoms with Crippen molar-refractivity contribution in [2.24, 2.45) is 33.5 Å². The summed E-state index contributed by atoms with van der Waals surface area (Å²) in [6, 6.07) is 7.61. The van der Waals surface area contributed by atoms with E-state index in [9.17, 15) is 14.7 Å². The second-order valence-corrected chi connectivity index (χ2v) is 14.2. The van der Waals surface area contributed by atoms with Gasteiger partial charge in [-0.1, -0.05) is 68.3 Å². The fourth-order valence-corrected chi connectivity index (χ4v) is 10.3. The van der Waals surface area contributed by atoms with Crippen LogP contribution in [0.5, 0.6) is 0 Å². The first kappa shape index (κ1) is 25.0. The number of Topliss-reactive ketones (excluding diaryl/α,β-unsaturated/α-hetero) is 3. The second-order valence-electron chi connectivity index (χ2n) is 14.2. The van der Waals surface area contributed by atoms with Gasteiger partial charge in [-0.05, 0) is 82.6 Å². The zero-order valence-corrected chi connectivity index (χ0v) is 23.3. The van der Waals surface area contributed by atoms with E-state index in [-0.39, 0.29) is 23.3 Å². The predicted molar refractivity (Wildman–Crippen MR) is 143 cm³/mol. The molecular formula is C33H40O4. The van der Waals surface area contributed by atoms with E-state index in [2.05, 4.69) is 40.7 Å². The average Bonchev–Trinajstić information content (AvgIpc) is 3.15. The largest absolute Gasteiger partial charge is 0.387 e. The molecule has 7 atom stereocenters. The molecule has 5 bridgehead atoms. The fourth-order valence-electron chi connectivity index (χ4n) is 10.3. The maximum absolute atomic E-state index is 15.0. The standard InChI is InChI=1S/C33H40O4/c1-19(2)12-13-21-16-31-17-24-28(5,6)23-11-9-8-10-22(23)25(34)32(24)27(36)30(26(31)35,15-14-20(3)4)18-29(21,7)33(31,32)37/h8-12,14,21,24,37H,13,15-18H2,1-7H3/t21-,24-,29+,30-,31+,32-,33-/m0/s1. The molecule has 5 fully saturated rings. The summed E-state index contributed by atoms with van der Waals surface area (Å²) >= 11 is 0. The summed E-state index contributed by atoms with van der Waals surface area (Å²) in [5, 5.41) is 13.3. The summed E-state index contributed by atoms with van der Waals surface area (Å²) < 4.78 is 0. The van der Waals surface area contributed by atoms with E-state index in [0.29, 0.717) is 31.2 Å². The highest BCUT2D eigenvalue weighted by Gasteiger charge is 2.97. The van der Waals surface area contributed by atoms with Gasteiger partial charge in [-0.25, -0.2) is 0 Å². The molecule has 1 N–H and O–H groups in total. The van der Waals surface area contributed by atoms with Crippen LogP contribution in [0.15, 0.2) is 47.6 Å². The van der Waals surface area contributed by atoms with Crippen molar-refractivity contribution in [2.75, 3.05) is 0 Å². The summed E-state index contributed by atoms with van der Waals surface area (Å²) in [6.07, 6.45) is 6.54. The molecule has 0 amide bonds. The molecule has 6 aliphatic rings. The molecule has 7 rings (SSSR count). The lowest BCUT2D eigenvalue weighted by molar-refractivity contribution is -0.240. The van der Waals surface area contributed by atoms with Gasteiger partial charge in [0.2, 0.25) is 0 Å². The molecule has 0 radical (unpaired) electrons. The summed E-state index contributed by atoms with van der Waals surface area (Å²) in [4.78, 5) is 44.7. The maximum Gasteiger partial charge on any atom is 0.180 e. The van der Waals surface area contributed by atoms with Gasteiger partial charge in [0.05, 0.1) is 10.8 Å². The summed E-state index contributed by atoms with van der Waals surface area (Å²) in [7, 11) is 0. The molecule has 0 aromatic heterocycles. The molecule has 1 aromatic carbocycles. The normalized spacial score (nSPS) is 43.9. The molecular weight excluding hydrogens is 460 g/mol. The van der Waals surface area contributed by atoms with Crippen molar-refractivity contribution < 1.29 is 19.5 Å². The monoisotopic (exact) mass is 500 g/mol. The summed E-state index contributed by atoms with van der Waals surface area (Å²) in [6.45, 7) is 14.4. The van der Waals surface area contributed by atoms with Crippen molar-refractivity contribution >= 4 is 17.3 Å². The molecule has 0 aliphatic heterocycles. The minimum Gasteiger partial charge on any atom is -0.387 e. The fraction of sp³-hybridized carbons (Fsp3) is 0.606. The quantitative estimate of drug-likeness (QED) is 0.397. The Hall–Kier alpha value is -2.33. The van der Waals surface area contributed by atoms with Crippen molar-refractivity contribution in [3.05, 3.63) is 58.7 Å². The number of rotatable bonds is 4. The number of allylic oxidation sites excluding steroid dienone is 4. The van der Waals surface area contributed by atoms with Gasteiger partial charge in [0.15, 0.2) is 17.3 Å². The van der Waals surface area contributed by atoms with Crippen molar-refractivity contribution in [1.82, 2.24) is 0 Å². The number of carbonyl (C=O) groups excluding carboxylic acids is 3. The third-order valence-electron chi connectivity index (χ3n) is 11.8. The highest BCUT2D eigenvalue weighted by Crippen LogP contribution is 2.87. The SMILES string of the molecule is CC(C)=CC[C@H]1C[C@]23C[C@H]4C(C)(C)c5ccccc5C(=O)[C@]45C(=O)[C@@](CC=C(C)C)(C[C@@]1(C)[C@]25O)C3=O. The highest BCUT2D eigenvalue weighted by atomic mass is 16.3. The van der Waals surface area contributed by atoms with Crippen LogP contribution in [-0.4, -0.2) is 28.1 Å². The van der Waals surface area contributed by atoms with Gasteiger partial charge >= 0.3 is 0 Å². The summed E-state index contributed by atoms with van der Waals surface area (Å²) in [5.74, 6) is -1.01. The van der Waals surface area contributed by atoms with Crippen LogP contribution in [0.2, 0.25) is 0 Å². The van der Waals surface area contributed by atoms with Gasteiger partial charge in [-0.3, -0.25) is 14.4 Å². The van der Waals surface area contributed by atoms with Crippen LogP contribution < -0.4 is 0 Å². The molecule has 4 heteroatoms. The molecule has 0 heterocycles. The molecule has 6 aliphatic carbocycles. The lowest BCUT2D eigenvalue weighted by Crippen LogP contribution is -2.82. The number of aliphatic hydroxyl groups is 1. The first-order valence-electron chi connectivity index (χ1n) is 13.9. The smallest absolute Gasteiger partial charge is 0.180 e. The maximum atomic E-state index is 15.0. The Kier molecular flexibility index (Phi) is 4.72. The first-order valence-corrected chi connectivity index (χ1v) is 13.9. The third kappa shape index (κ3) is 2.32. The number of benzene rings is 1. The number of ketones is 3. The van der Waals surface area contributed by atoms with E-state index in [1.165, 1.54) is 5.57 Å². The predicted octanol–water partition coefficient (Wildman–Crippen LogP) is 6.17. The van der Waals surface area contributed by atoms with Crippen LogP contribution in [0, 0.1) is 33.5 Å². The highest BCUT2D eigenvalue weighted by molar-refractivity contribution is 6.29. The number of carbonyl (C=O) groups is 3. The molecule has 0 saturated heterocycles. The Bertz CT molecular complexity index is 1340. The Morgan fingerprint density at radius 1 is 0.946 bits per heavy atom. The summed E-state index contributed by atoms with van der Waals surface area (Å²) in [5.41, 5.74) is -3.14. The van der Waals surface area contributed by atoms with Crippen LogP contribution in [-0.2, 0) is 15.0 Å². The minimum absolute atomic E-state index is 0.0314. The van der Waals surface area contributed by atoms with Crippen LogP contribution in [0.3, 0.4) is 0 Å². The molecule has 0 unspecified atom stereocenters. The molecule has 196 valence electrons. The van der Waals surface area contributed by atoms with E-state index < -0.39 is 38.6 Å². The van der Waals surface area contributed by atoms with Gasteiger partial charge in [0, 0.05) is 11.0 Å². The van der Waals surface area contributed by atoms with Crippen LogP contribution in [0.25, 0.3) is 0 Å². The van der Waals surface area contributed by atoms with E-state index in [1.54, 1.807) is 0 Å². The van der Waals surface area contributed by atoms with Crippen molar-refractivity contribution in [3.8, 4) is 0 Å².